The Labute approximate surface area is 206 Å². The zero-order chi connectivity index (χ0) is 24.3. The van der Waals surface area contributed by atoms with Crippen LogP contribution in [0.1, 0.15) is 43.4 Å². The summed E-state index contributed by atoms with van der Waals surface area (Å²) in [6.07, 6.45) is 2.21. The molecule has 1 saturated heterocycles. The molecule has 0 aromatic heterocycles. The molecule has 2 aromatic carbocycles. The first-order valence-electron chi connectivity index (χ1n) is 12.0. The molecule has 4 rings (SSSR count). The van der Waals surface area contributed by atoms with Crippen LogP contribution in [0.25, 0.3) is 0 Å². The van der Waals surface area contributed by atoms with Crippen molar-refractivity contribution >= 4 is 17.5 Å². The summed E-state index contributed by atoms with van der Waals surface area (Å²) in [5.41, 5.74) is 2.72. The molecule has 0 saturated carbocycles. The number of ether oxygens (including phenoxy) is 1. The van der Waals surface area contributed by atoms with Crippen LogP contribution in [0.5, 0.6) is 5.75 Å². The first-order chi connectivity index (χ1) is 16.2. The molecule has 6 nitrogen and oxygen atoms in total. The lowest BCUT2D eigenvalue weighted by atomic mass is 9.83. The fourth-order valence-corrected chi connectivity index (χ4v) is 5.15. The molecule has 1 atom stereocenters. The Balaban J connectivity index is 1.45. The number of nitrogens with zero attached hydrogens (tertiary/aromatic N) is 1. The monoisotopic (exact) mass is 486 g/mol. The lowest BCUT2D eigenvalue weighted by Gasteiger charge is -2.40. The van der Waals surface area contributed by atoms with Gasteiger partial charge < -0.3 is 25.2 Å². The number of aliphatic hydroxyl groups excluding tert-OH is 1. The van der Waals surface area contributed by atoms with E-state index in [4.69, 9.17) is 16.3 Å². The van der Waals surface area contributed by atoms with Crippen LogP contribution in [-0.2, 0) is 28.2 Å². The minimum atomic E-state index is -0.395. The number of nitrogens with one attached hydrogen (secondary N) is 1. The highest BCUT2D eigenvalue weighted by Crippen LogP contribution is 2.44. The van der Waals surface area contributed by atoms with E-state index >= 15 is 0 Å². The summed E-state index contributed by atoms with van der Waals surface area (Å²) in [5, 5.41) is 23.1. The second-order valence-electron chi connectivity index (χ2n) is 10.5. The number of piperidine rings is 1. The van der Waals surface area contributed by atoms with Gasteiger partial charge in [-0.3, -0.25) is 4.79 Å². The third-order valence-corrected chi connectivity index (χ3v) is 7.56. The van der Waals surface area contributed by atoms with E-state index in [2.05, 4.69) is 34.5 Å². The Morgan fingerprint density at radius 1 is 1.24 bits per heavy atom. The minimum absolute atomic E-state index is 0.00792. The quantitative estimate of drug-likeness (QED) is 0.528. The number of carbonyl (C=O) groups is 1. The lowest BCUT2D eigenvalue weighted by molar-refractivity contribution is -0.127. The van der Waals surface area contributed by atoms with Gasteiger partial charge in [-0.15, -0.1) is 0 Å². The first-order valence-corrected chi connectivity index (χ1v) is 12.4. The average Bonchev–Trinajstić information content (AvgIpc) is 3.19. The number of phenolic OH excluding ortho intramolecular Hbond substituents is 1. The van der Waals surface area contributed by atoms with Crippen LogP contribution in [0.4, 0.5) is 0 Å². The highest BCUT2D eigenvalue weighted by atomic mass is 35.5. The van der Waals surface area contributed by atoms with Crippen LogP contribution in [0.3, 0.4) is 0 Å². The normalized spacial score (nSPS) is 18.6. The minimum Gasteiger partial charge on any atom is -0.508 e. The van der Waals surface area contributed by atoms with E-state index in [0.29, 0.717) is 31.1 Å². The maximum absolute atomic E-state index is 13.2. The van der Waals surface area contributed by atoms with E-state index in [1.54, 1.807) is 18.2 Å². The van der Waals surface area contributed by atoms with Crippen LogP contribution in [0.2, 0.25) is 5.02 Å². The Kier molecular flexibility index (Phi) is 7.53. The number of benzene rings is 2. The van der Waals surface area contributed by atoms with Crippen molar-refractivity contribution < 1.29 is 19.7 Å². The fourth-order valence-electron chi connectivity index (χ4n) is 4.96. The Hall–Kier alpha value is -2.12. The molecule has 184 valence electrons. The standard InChI is InChI=1S/C27H35ClN2O4/c1-26(2,18-31)17-29-25(33)21(13-20-14-22(32)7-8-24(20)28)15-30-11-9-27(10-12-30)23-6-4-3-5-19(23)16-34-27/h3-8,14,21,31-32H,9-13,15-18H2,1-2H3,(H,29,33). The number of aliphatic hydroxyl groups is 1. The summed E-state index contributed by atoms with van der Waals surface area (Å²) in [6.45, 7) is 7.15. The number of fused-ring (bicyclic) bond motifs is 2. The van der Waals surface area contributed by atoms with E-state index < -0.39 is 5.41 Å². The van der Waals surface area contributed by atoms with E-state index in [-0.39, 0.29) is 29.8 Å². The first kappa shape index (κ1) is 25.0. The van der Waals surface area contributed by atoms with Gasteiger partial charge in [-0.25, -0.2) is 0 Å². The van der Waals surface area contributed by atoms with Gasteiger partial charge in [-0.05, 0) is 54.2 Å². The number of amides is 1. The van der Waals surface area contributed by atoms with Crippen LogP contribution in [0, 0.1) is 11.3 Å². The molecule has 2 aliphatic heterocycles. The molecule has 3 N–H and O–H groups in total. The van der Waals surface area contributed by atoms with Gasteiger partial charge in [0.25, 0.3) is 0 Å². The second kappa shape index (κ2) is 10.2. The SMILES string of the molecule is CC(C)(CO)CNC(=O)C(Cc1cc(O)ccc1Cl)CN1CCC2(CC1)OCc1ccccc12. The number of likely N-dealkylation sites (tertiary alicyclic amines) is 1. The van der Waals surface area contributed by atoms with Crippen molar-refractivity contribution in [2.45, 2.75) is 45.3 Å². The maximum atomic E-state index is 13.2. The van der Waals surface area contributed by atoms with Crippen molar-refractivity contribution in [1.82, 2.24) is 10.2 Å². The fraction of sp³-hybridized carbons (Fsp3) is 0.519. The Morgan fingerprint density at radius 2 is 1.97 bits per heavy atom. The predicted octanol–water partition coefficient (Wildman–Crippen LogP) is 3.86. The van der Waals surface area contributed by atoms with Crippen molar-refractivity contribution in [2.24, 2.45) is 11.3 Å². The van der Waals surface area contributed by atoms with Gasteiger partial charge >= 0.3 is 0 Å². The largest absolute Gasteiger partial charge is 0.508 e. The molecule has 1 fully saturated rings. The lowest BCUT2D eigenvalue weighted by Crippen LogP contribution is -2.48. The van der Waals surface area contributed by atoms with Crippen LogP contribution < -0.4 is 5.32 Å². The van der Waals surface area contributed by atoms with E-state index in [1.807, 2.05) is 13.8 Å². The number of hydrogen-bond donors (Lipinski definition) is 3. The molecule has 0 aliphatic carbocycles. The third kappa shape index (κ3) is 5.57. The summed E-state index contributed by atoms with van der Waals surface area (Å²) in [6, 6.07) is 13.3. The smallest absolute Gasteiger partial charge is 0.224 e. The van der Waals surface area contributed by atoms with Crippen LogP contribution >= 0.6 is 11.6 Å². The highest BCUT2D eigenvalue weighted by Gasteiger charge is 2.42. The van der Waals surface area contributed by atoms with E-state index in [9.17, 15) is 15.0 Å². The molecule has 2 aromatic rings. The zero-order valence-electron chi connectivity index (χ0n) is 20.0. The molecule has 1 amide bonds. The van der Waals surface area contributed by atoms with Gasteiger partial charge in [-0.2, -0.15) is 0 Å². The number of halogens is 1. The van der Waals surface area contributed by atoms with Crippen LogP contribution in [0.15, 0.2) is 42.5 Å². The molecule has 0 radical (unpaired) electrons. The summed E-state index contributed by atoms with van der Waals surface area (Å²) in [5.74, 6) is -0.264. The summed E-state index contributed by atoms with van der Waals surface area (Å²) in [4.78, 5) is 15.6. The van der Waals surface area contributed by atoms with Gasteiger partial charge in [0.2, 0.25) is 5.91 Å². The number of aromatic hydroxyl groups is 1. The summed E-state index contributed by atoms with van der Waals surface area (Å²) < 4.78 is 6.29. The number of phenols is 1. The number of carbonyl (C=O) groups excluding carboxylic acids is 1. The Morgan fingerprint density at radius 3 is 2.71 bits per heavy atom. The van der Waals surface area contributed by atoms with Gasteiger partial charge in [0.1, 0.15) is 5.75 Å². The third-order valence-electron chi connectivity index (χ3n) is 7.19. The number of hydrogen-bond acceptors (Lipinski definition) is 5. The number of rotatable bonds is 8. The average molecular weight is 487 g/mol. The van der Waals surface area contributed by atoms with Gasteiger partial charge in [0.05, 0.1) is 18.1 Å². The van der Waals surface area contributed by atoms with Crippen molar-refractivity contribution in [3.05, 3.63) is 64.2 Å². The molecule has 1 unspecified atom stereocenters. The molecule has 2 heterocycles. The highest BCUT2D eigenvalue weighted by molar-refractivity contribution is 6.31. The second-order valence-corrected chi connectivity index (χ2v) is 10.9. The molecular weight excluding hydrogens is 452 g/mol. The van der Waals surface area contributed by atoms with E-state index in [1.165, 1.54) is 11.1 Å². The summed E-state index contributed by atoms with van der Waals surface area (Å²) in [7, 11) is 0. The molecule has 0 bridgehead atoms. The zero-order valence-corrected chi connectivity index (χ0v) is 20.8. The Bertz CT molecular complexity index is 1020. The van der Waals surface area contributed by atoms with Gasteiger partial charge in [0.15, 0.2) is 0 Å². The molecule has 1 spiro atoms. The topological polar surface area (TPSA) is 82.0 Å². The van der Waals surface area contributed by atoms with Crippen LogP contribution in [-0.4, -0.2) is 53.8 Å². The molecule has 34 heavy (non-hydrogen) atoms. The van der Waals surface area contributed by atoms with E-state index in [0.717, 1.165) is 31.5 Å². The molecular formula is C27H35ClN2O4. The molecule has 7 heteroatoms. The summed E-state index contributed by atoms with van der Waals surface area (Å²) >= 11 is 6.38. The molecule has 2 aliphatic rings. The maximum Gasteiger partial charge on any atom is 0.224 e. The van der Waals surface area contributed by atoms with Gasteiger partial charge in [0, 0.05) is 43.2 Å². The van der Waals surface area contributed by atoms with Crippen molar-refractivity contribution in [3.8, 4) is 5.75 Å². The van der Waals surface area contributed by atoms with Crippen molar-refractivity contribution in [3.63, 3.8) is 0 Å². The predicted molar refractivity (Wildman–Crippen MR) is 133 cm³/mol. The van der Waals surface area contributed by atoms with Crippen molar-refractivity contribution in [1.29, 1.82) is 0 Å². The van der Waals surface area contributed by atoms with Gasteiger partial charge in [-0.1, -0.05) is 49.7 Å². The van der Waals surface area contributed by atoms with Crippen molar-refractivity contribution in [2.75, 3.05) is 32.8 Å².